The van der Waals surface area contributed by atoms with Gasteiger partial charge in [-0.2, -0.15) is 0 Å². The molecule has 0 heterocycles. The Labute approximate surface area is 109 Å². The van der Waals surface area contributed by atoms with Crippen LogP contribution >= 0.6 is 0 Å². The van der Waals surface area contributed by atoms with E-state index in [-0.39, 0.29) is 12.2 Å². The van der Waals surface area contributed by atoms with E-state index in [2.05, 4.69) is 31.3 Å². The van der Waals surface area contributed by atoms with Crippen molar-refractivity contribution in [2.75, 3.05) is 13.2 Å². The van der Waals surface area contributed by atoms with Gasteiger partial charge in [0.15, 0.2) is 0 Å². The fraction of sp³-hybridized carbons (Fsp3) is 0.600. The molecule has 3 unspecified atom stereocenters. The summed E-state index contributed by atoms with van der Waals surface area (Å²) in [5, 5.41) is 3.44. The molecule has 1 aliphatic rings. The van der Waals surface area contributed by atoms with Crippen molar-refractivity contribution in [2.45, 2.75) is 45.4 Å². The second-order valence-electron chi connectivity index (χ2n) is 4.79. The van der Waals surface area contributed by atoms with Crippen molar-refractivity contribution in [1.29, 1.82) is 0 Å². The van der Waals surface area contributed by atoms with Gasteiger partial charge in [0.1, 0.15) is 18.0 Å². The Balaban J connectivity index is 1.93. The van der Waals surface area contributed by atoms with Crippen LogP contribution in [0.3, 0.4) is 0 Å². The molecule has 1 saturated carbocycles. The standard InChI is InChI=1S/C15H23NO2/c1-4-16-13-10-14(15(13)17-5-2)18-12-8-6-7-11(3)9-12/h6-9,13-16H,4-5,10H2,1-3H3. The maximum Gasteiger partial charge on any atom is 0.128 e. The Morgan fingerprint density at radius 2 is 2.17 bits per heavy atom. The molecule has 3 heteroatoms. The van der Waals surface area contributed by atoms with E-state index >= 15 is 0 Å². The molecule has 1 fully saturated rings. The lowest BCUT2D eigenvalue weighted by Crippen LogP contribution is -2.61. The van der Waals surface area contributed by atoms with E-state index in [9.17, 15) is 0 Å². The predicted octanol–water partition coefficient (Wildman–Crippen LogP) is 2.53. The molecule has 2 rings (SSSR count). The molecule has 0 aliphatic heterocycles. The molecule has 3 atom stereocenters. The number of hydrogen-bond donors (Lipinski definition) is 1. The molecular weight excluding hydrogens is 226 g/mol. The first-order chi connectivity index (χ1) is 8.74. The van der Waals surface area contributed by atoms with E-state index in [1.54, 1.807) is 0 Å². The highest BCUT2D eigenvalue weighted by Crippen LogP contribution is 2.29. The van der Waals surface area contributed by atoms with Crippen LogP contribution in [-0.4, -0.2) is 31.4 Å². The van der Waals surface area contributed by atoms with Crippen LogP contribution in [0.4, 0.5) is 0 Å². The van der Waals surface area contributed by atoms with Crippen LogP contribution in [-0.2, 0) is 4.74 Å². The zero-order valence-electron chi connectivity index (χ0n) is 11.5. The second kappa shape index (κ2) is 6.21. The van der Waals surface area contributed by atoms with Crippen LogP contribution in [0.2, 0.25) is 0 Å². The number of benzene rings is 1. The molecule has 1 N–H and O–H groups in total. The van der Waals surface area contributed by atoms with Gasteiger partial charge < -0.3 is 14.8 Å². The maximum atomic E-state index is 6.01. The average molecular weight is 249 g/mol. The molecule has 0 spiro atoms. The summed E-state index contributed by atoms with van der Waals surface area (Å²) >= 11 is 0. The Morgan fingerprint density at radius 3 is 2.83 bits per heavy atom. The summed E-state index contributed by atoms with van der Waals surface area (Å²) < 4.78 is 11.8. The zero-order chi connectivity index (χ0) is 13.0. The van der Waals surface area contributed by atoms with Crippen molar-refractivity contribution in [3.63, 3.8) is 0 Å². The molecule has 0 bridgehead atoms. The summed E-state index contributed by atoms with van der Waals surface area (Å²) in [5.41, 5.74) is 1.23. The van der Waals surface area contributed by atoms with E-state index in [4.69, 9.17) is 9.47 Å². The molecule has 1 aromatic rings. The van der Waals surface area contributed by atoms with E-state index in [0.717, 1.165) is 25.3 Å². The Morgan fingerprint density at radius 1 is 1.33 bits per heavy atom. The van der Waals surface area contributed by atoms with Crippen LogP contribution in [0.15, 0.2) is 24.3 Å². The van der Waals surface area contributed by atoms with Gasteiger partial charge in [0.2, 0.25) is 0 Å². The molecule has 0 aromatic heterocycles. The van der Waals surface area contributed by atoms with Gasteiger partial charge in [-0.3, -0.25) is 0 Å². The second-order valence-corrected chi connectivity index (χ2v) is 4.79. The number of hydrogen-bond acceptors (Lipinski definition) is 3. The molecule has 18 heavy (non-hydrogen) atoms. The number of aryl methyl sites for hydroxylation is 1. The molecule has 0 amide bonds. The maximum absolute atomic E-state index is 6.01. The van der Waals surface area contributed by atoms with Crippen molar-refractivity contribution in [2.24, 2.45) is 0 Å². The van der Waals surface area contributed by atoms with Crippen molar-refractivity contribution in [3.8, 4) is 5.75 Å². The first kappa shape index (κ1) is 13.4. The third-order valence-corrected chi connectivity index (χ3v) is 3.35. The van der Waals surface area contributed by atoms with E-state index in [1.165, 1.54) is 5.56 Å². The van der Waals surface area contributed by atoms with Crippen LogP contribution in [0.25, 0.3) is 0 Å². The lowest BCUT2D eigenvalue weighted by molar-refractivity contribution is -0.104. The lowest BCUT2D eigenvalue weighted by atomic mass is 9.85. The van der Waals surface area contributed by atoms with Gasteiger partial charge in [-0.15, -0.1) is 0 Å². The van der Waals surface area contributed by atoms with Gasteiger partial charge >= 0.3 is 0 Å². The zero-order valence-corrected chi connectivity index (χ0v) is 11.5. The van der Waals surface area contributed by atoms with Gasteiger partial charge in [0.25, 0.3) is 0 Å². The van der Waals surface area contributed by atoms with Crippen LogP contribution in [0, 0.1) is 6.92 Å². The Kier molecular flexibility index (Phi) is 4.61. The van der Waals surface area contributed by atoms with Crippen molar-refractivity contribution in [3.05, 3.63) is 29.8 Å². The predicted molar refractivity (Wildman–Crippen MR) is 73.1 cm³/mol. The molecular formula is C15H23NO2. The minimum absolute atomic E-state index is 0.176. The summed E-state index contributed by atoms with van der Waals surface area (Å²) in [5.74, 6) is 0.944. The highest BCUT2D eigenvalue weighted by molar-refractivity contribution is 5.28. The number of likely N-dealkylation sites (N-methyl/N-ethyl adjacent to an activating group) is 1. The number of nitrogens with one attached hydrogen (secondary N) is 1. The van der Waals surface area contributed by atoms with Gasteiger partial charge in [-0.25, -0.2) is 0 Å². The van der Waals surface area contributed by atoms with Gasteiger partial charge in [-0.1, -0.05) is 19.1 Å². The lowest BCUT2D eigenvalue weighted by Gasteiger charge is -2.44. The van der Waals surface area contributed by atoms with Crippen LogP contribution in [0.5, 0.6) is 5.75 Å². The Hall–Kier alpha value is -1.06. The molecule has 0 saturated heterocycles. The van der Waals surface area contributed by atoms with Crippen LogP contribution in [0.1, 0.15) is 25.8 Å². The van der Waals surface area contributed by atoms with Gasteiger partial charge in [-0.05, 0) is 38.1 Å². The van der Waals surface area contributed by atoms with E-state index in [1.807, 2.05) is 19.1 Å². The van der Waals surface area contributed by atoms with E-state index < -0.39 is 0 Å². The summed E-state index contributed by atoms with van der Waals surface area (Å²) in [6, 6.07) is 8.63. The quantitative estimate of drug-likeness (QED) is 0.840. The monoisotopic (exact) mass is 249 g/mol. The third kappa shape index (κ3) is 3.03. The summed E-state index contributed by atoms with van der Waals surface area (Å²) in [4.78, 5) is 0. The molecule has 1 aromatic carbocycles. The Bertz CT molecular complexity index is 381. The first-order valence-electron chi connectivity index (χ1n) is 6.83. The largest absolute Gasteiger partial charge is 0.488 e. The van der Waals surface area contributed by atoms with Crippen molar-refractivity contribution < 1.29 is 9.47 Å². The summed E-state index contributed by atoms with van der Waals surface area (Å²) in [6.07, 6.45) is 1.37. The van der Waals surface area contributed by atoms with Crippen molar-refractivity contribution in [1.82, 2.24) is 5.32 Å². The minimum atomic E-state index is 0.176. The minimum Gasteiger partial charge on any atom is -0.488 e. The fourth-order valence-corrected chi connectivity index (χ4v) is 2.44. The molecule has 100 valence electrons. The fourth-order valence-electron chi connectivity index (χ4n) is 2.44. The SMILES string of the molecule is CCNC1CC(Oc2cccc(C)c2)C1OCC. The molecule has 1 aliphatic carbocycles. The molecule has 0 radical (unpaired) electrons. The summed E-state index contributed by atoms with van der Waals surface area (Å²) in [6.45, 7) is 7.95. The summed E-state index contributed by atoms with van der Waals surface area (Å²) in [7, 11) is 0. The third-order valence-electron chi connectivity index (χ3n) is 3.35. The smallest absolute Gasteiger partial charge is 0.128 e. The topological polar surface area (TPSA) is 30.5 Å². The number of ether oxygens (including phenoxy) is 2. The normalized spacial score (nSPS) is 26.7. The van der Waals surface area contributed by atoms with Crippen LogP contribution < -0.4 is 10.1 Å². The van der Waals surface area contributed by atoms with E-state index in [0.29, 0.717) is 6.04 Å². The highest BCUT2D eigenvalue weighted by atomic mass is 16.5. The number of rotatable bonds is 6. The first-order valence-corrected chi connectivity index (χ1v) is 6.83. The van der Waals surface area contributed by atoms with Crippen molar-refractivity contribution >= 4 is 0 Å². The average Bonchev–Trinajstić information content (AvgIpc) is 2.35. The highest BCUT2D eigenvalue weighted by Gasteiger charge is 2.43. The van der Waals surface area contributed by atoms with Gasteiger partial charge in [0.05, 0.1) is 0 Å². The van der Waals surface area contributed by atoms with Gasteiger partial charge in [0, 0.05) is 19.1 Å². The molecule has 3 nitrogen and oxygen atoms in total.